The predicted octanol–water partition coefficient (Wildman–Crippen LogP) is 2.33. The summed E-state index contributed by atoms with van der Waals surface area (Å²) in [4.78, 5) is 14.4. The highest BCUT2D eigenvalue weighted by Gasteiger charge is 2.18. The highest BCUT2D eigenvalue weighted by molar-refractivity contribution is 6.02. The Morgan fingerprint density at radius 2 is 2.05 bits per heavy atom. The normalized spacial score (nSPS) is 15.6. The Balaban J connectivity index is 2.13. The first-order valence-corrected chi connectivity index (χ1v) is 7.62. The van der Waals surface area contributed by atoms with Crippen molar-refractivity contribution in [2.24, 2.45) is 0 Å². The van der Waals surface area contributed by atoms with Gasteiger partial charge in [-0.3, -0.25) is 4.79 Å². The lowest BCUT2D eigenvalue weighted by atomic mass is 10.1. The maximum Gasteiger partial charge on any atom is 0.164 e. The number of morpholine rings is 1. The van der Waals surface area contributed by atoms with Crippen LogP contribution in [-0.2, 0) is 11.2 Å². The predicted molar refractivity (Wildman–Crippen MR) is 82.2 cm³/mol. The van der Waals surface area contributed by atoms with Gasteiger partial charge in [0.25, 0.3) is 0 Å². The summed E-state index contributed by atoms with van der Waals surface area (Å²) in [6.07, 6.45) is 1.38. The molecular formula is C16H21N3O2. The lowest BCUT2D eigenvalue weighted by molar-refractivity contribution is 0.0989. The van der Waals surface area contributed by atoms with Crippen LogP contribution in [0.5, 0.6) is 0 Å². The average molecular weight is 287 g/mol. The van der Waals surface area contributed by atoms with Crippen molar-refractivity contribution in [2.45, 2.75) is 26.7 Å². The van der Waals surface area contributed by atoms with Gasteiger partial charge in [-0.25, -0.2) is 4.52 Å². The monoisotopic (exact) mass is 287 g/mol. The molecule has 0 aromatic carbocycles. The molecule has 21 heavy (non-hydrogen) atoms. The van der Waals surface area contributed by atoms with Crippen LogP contribution in [0.2, 0.25) is 0 Å². The van der Waals surface area contributed by atoms with Crippen molar-refractivity contribution in [3.63, 3.8) is 0 Å². The molecule has 112 valence electrons. The van der Waals surface area contributed by atoms with Crippen LogP contribution < -0.4 is 4.90 Å². The quantitative estimate of drug-likeness (QED) is 0.810. The molecule has 0 amide bonds. The van der Waals surface area contributed by atoms with Crippen molar-refractivity contribution in [1.82, 2.24) is 9.61 Å². The zero-order valence-electron chi connectivity index (χ0n) is 12.6. The Morgan fingerprint density at radius 1 is 1.29 bits per heavy atom. The molecule has 2 aromatic heterocycles. The number of nitrogens with zero attached hydrogens (tertiary/aromatic N) is 3. The number of Topliss-reactive ketones (excluding diaryl/α,β-unsaturated/α-hetero) is 1. The molecule has 0 atom stereocenters. The van der Waals surface area contributed by atoms with Crippen LogP contribution >= 0.6 is 0 Å². The van der Waals surface area contributed by atoms with Gasteiger partial charge < -0.3 is 9.64 Å². The van der Waals surface area contributed by atoms with Gasteiger partial charge in [-0.05, 0) is 24.6 Å². The Bertz CT molecular complexity index is 657. The standard InChI is InChI=1S/C16H21N3O2/c1-3-12-11-14-13(15(20)4-2)5-6-16(19(14)17-12)18-7-9-21-10-8-18/h5-6,11H,3-4,7-10H2,1-2H3. The number of carbonyl (C=O) groups excluding carboxylic acids is 1. The van der Waals surface area contributed by atoms with Gasteiger partial charge >= 0.3 is 0 Å². The van der Waals surface area contributed by atoms with Gasteiger partial charge in [-0.1, -0.05) is 13.8 Å². The number of ether oxygens (including phenoxy) is 1. The molecule has 0 bridgehead atoms. The van der Waals surface area contributed by atoms with Gasteiger partial charge in [-0.2, -0.15) is 5.10 Å². The Kier molecular flexibility index (Phi) is 3.92. The van der Waals surface area contributed by atoms with E-state index in [1.165, 1.54) is 0 Å². The van der Waals surface area contributed by atoms with Crippen molar-refractivity contribution in [3.05, 3.63) is 29.5 Å². The molecule has 5 nitrogen and oxygen atoms in total. The minimum absolute atomic E-state index is 0.163. The molecule has 0 unspecified atom stereocenters. The summed E-state index contributed by atoms with van der Waals surface area (Å²) in [6, 6.07) is 5.98. The fourth-order valence-electron chi connectivity index (χ4n) is 2.74. The van der Waals surface area contributed by atoms with Gasteiger partial charge in [0.2, 0.25) is 0 Å². The molecule has 1 fully saturated rings. The van der Waals surface area contributed by atoms with Crippen molar-refractivity contribution in [1.29, 1.82) is 0 Å². The number of aryl methyl sites for hydroxylation is 1. The molecule has 0 spiro atoms. The van der Waals surface area contributed by atoms with E-state index in [0.717, 1.165) is 55.3 Å². The fraction of sp³-hybridized carbons (Fsp3) is 0.500. The van der Waals surface area contributed by atoms with E-state index < -0.39 is 0 Å². The summed E-state index contributed by atoms with van der Waals surface area (Å²) < 4.78 is 7.34. The van der Waals surface area contributed by atoms with Crippen LogP contribution in [0.25, 0.3) is 5.52 Å². The third-order valence-electron chi connectivity index (χ3n) is 3.97. The second-order valence-electron chi connectivity index (χ2n) is 5.27. The highest BCUT2D eigenvalue weighted by atomic mass is 16.5. The van der Waals surface area contributed by atoms with Crippen molar-refractivity contribution < 1.29 is 9.53 Å². The van der Waals surface area contributed by atoms with E-state index in [-0.39, 0.29) is 5.78 Å². The van der Waals surface area contributed by atoms with E-state index in [2.05, 4.69) is 16.9 Å². The Hall–Kier alpha value is -1.88. The van der Waals surface area contributed by atoms with Crippen molar-refractivity contribution in [2.75, 3.05) is 31.2 Å². The van der Waals surface area contributed by atoms with Gasteiger partial charge in [0.1, 0.15) is 5.82 Å². The van der Waals surface area contributed by atoms with Gasteiger partial charge in [0, 0.05) is 25.1 Å². The maximum atomic E-state index is 12.1. The minimum Gasteiger partial charge on any atom is -0.378 e. The highest BCUT2D eigenvalue weighted by Crippen LogP contribution is 2.23. The van der Waals surface area contributed by atoms with Crippen molar-refractivity contribution >= 4 is 17.1 Å². The number of ketones is 1. The van der Waals surface area contributed by atoms with E-state index in [9.17, 15) is 4.79 Å². The van der Waals surface area contributed by atoms with Crippen LogP contribution in [0.3, 0.4) is 0 Å². The molecule has 3 heterocycles. The van der Waals surface area contributed by atoms with Crippen LogP contribution in [0.15, 0.2) is 18.2 Å². The van der Waals surface area contributed by atoms with Crippen LogP contribution in [-0.4, -0.2) is 41.7 Å². The van der Waals surface area contributed by atoms with Gasteiger partial charge in [0.15, 0.2) is 5.78 Å². The van der Waals surface area contributed by atoms with E-state index in [1.54, 1.807) is 0 Å². The number of carbonyl (C=O) groups is 1. The SMILES string of the molecule is CCC(=O)c1ccc(N2CCOCC2)n2nc(CC)cc12. The number of pyridine rings is 1. The maximum absolute atomic E-state index is 12.1. The number of aromatic nitrogens is 2. The zero-order valence-corrected chi connectivity index (χ0v) is 12.6. The molecule has 0 saturated carbocycles. The molecule has 1 aliphatic rings. The molecule has 0 aliphatic carbocycles. The Labute approximate surface area is 124 Å². The second-order valence-corrected chi connectivity index (χ2v) is 5.27. The molecule has 0 radical (unpaired) electrons. The first kappa shape index (κ1) is 14.1. The first-order chi connectivity index (χ1) is 10.2. The number of anilines is 1. The van der Waals surface area contributed by atoms with Gasteiger partial charge in [-0.15, -0.1) is 0 Å². The summed E-state index contributed by atoms with van der Waals surface area (Å²) in [5, 5.41) is 4.67. The third-order valence-corrected chi connectivity index (χ3v) is 3.97. The molecule has 0 N–H and O–H groups in total. The van der Waals surface area contributed by atoms with E-state index >= 15 is 0 Å². The molecule has 1 aliphatic heterocycles. The summed E-state index contributed by atoms with van der Waals surface area (Å²) in [6.45, 7) is 7.16. The van der Waals surface area contributed by atoms with Crippen LogP contribution in [0.1, 0.15) is 36.3 Å². The van der Waals surface area contributed by atoms with Crippen LogP contribution in [0, 0.1) is 0 Å². The molecule has 3 rings (SSSR count). The topological polar surface area (TPSA) is 46.8 Å². The Morgan fingerprint density at radius 3 is 2.71 bits per heavy atom. The molecule has 5 heteroatoms. The van der Waals surface area contributed by atoms with E-state index in [0.29, 0.717) is 6.42 Å². The summed E-state index contributed by atoms with van der Waals surface area (Å²) >= 11 is 0. The summed E-state index contributed by atoms with van der Waals surface area (Å²) in [7, 11) is 0. The van der Waals surface area contributed by atoms with E-state index in [4.69, 9.17) is 4.74 Å². The zero-order chi connectivity index (χ0) is 14.8. The minimum atomic E-state index is 0.163. The van der Waals surface area contributed by atoms with Gasteiger partial charge in [0.05, 0.1) is 24.4 Å². The summed E-state index contributed by atoms with van der Waals surface area (Å²) in [5.41, 5.74) is 2.70. The molecule has 1 saturated heterocycles. The van der Waals surface area contributed by atoms with Crippen LogP contribution in [0.4, 0.5) is 5.82 Å². The third kappa shape index (κ3) is 2.53. The van der Waals surface area contributed by atoms with Crippen molar-refractivity contribution in [3.8, 4) is 0 Å². The lowest BCUT2D eigenvalue weighted by Crippen LogP contribution is -2.37. The number of rotatable bonds is 4. The van der Waals surface area contributed by atoms with E-state index in [1.807, 2.05) is 29.6 Å². The second kappa shape index (κ2) is 5.85. The lowest BCUT2D eigenvalue weighted by Gasteiger charge is -2.29. The number of hydrogen-bond acceptors (Lipinski definition) is 4. The molecular weight excluding hydrogens is 266 g/mol. The average Bonchev–Trinajstić information content (AvgIpc) is 2.98. The molecule has 2 aromatic rings. The summed E-state index contributed by atoms with van der Waals surface area (Å²) in [5.74, 6) is 1.21. The first-order valence-electron chi connectivity index (χ1n) is 7.62. The number of hydrogen-bond donors (Lipinski definition) is 0. The largest absolute Gasteiger partial charge is 0.378 e. The smallest absolute Gasteiger partial charge is 0.164 e. The number of fused-ring (bicyclic) bond motifs is 1. The fourth-order valence-corrected chi connectivity index (χ4v) is 2.74.